The number of nitrogens with zero attached hydrogens (tertiary/aromatic N) is 1. The number of carbonyl (C=O) groups excluding carboxylic acids is 2. The number of esters is 1. The topological polar surface area (TPSA) is 46.6 Å². The third-order valence-electron chi connectivity index (χ3n) is 3.78. The Balaban J connectivity index is 2.08. The standard InChI is InChI=1S/C19H19ClFNO3/c1-25-18(23)11-13-22(12-10-14-2-8-17(21)9-3-14)19(24)15-4-6-16(20)7-5-15/h2-9H,10-13H2,1H3. The van der Waals surface area contributed by atoms with Gasteiger partial charge in [-0.2, -0.15) is 0 Å². The third kappa shape index (κ3) is 5.87. The minimum atomic E-state index is -0.379. The Hall–Kier alpha value is -2.40. The van der Waals surface area contributed by atoms with E-state index >= 15 is 0 Å². The summed E-state index contributed by atoms with van der Waals surface area (Å²) in [6.45, 7) is 0.652. The Kier molecular flexibility index (Phi) is 6.95. The first-order valence-corrected chi connectivity index (χ1v) is 8.23. The van der Waals surface area contributed by atoms with Crippen LogP contribution in [0.15, 0.2) is 48.5 Å². The van der Waals surface area contributed by atoms with Gasteiger partial charge in [0.05, 0.1) is 13.5 Å². The predicted octanol–water partition coefficient (Wildman–Crippen LogP) is 3.73. The van der Waals surface area contributed by atoms with E-state index in [9.17, 15) is 14.0 Å². The van der Waals surface area contributed by atoms with Crippen LogP contribution in [0.5, 0.6) is 0 Å². The van der Waals surface area contributed by atoms with Crippen molar-refractivity contribution in [3.8, 4) is 0 Å². The molecular weight excluding hydrogens is 345 g/mol. The van der Waals surface area contributed by atoms with E-state index in [4.69, 9.17) is 11.6 Å². The Morgan fingerprint density at radius 1 is 1.04 bits per heavy atom. The molecule has 0 radical (unpaired) electrons. The smallest absolute Gasteiger partial charge is 0.307 e. The van der Waals surface area contributed by atoms with Crippen LogP contribution in [-0.2, 0) is 16.0 Å². The fourth-order valence-corrected chi connectivity index (χ4v) is 2.46. The van der Waals surface area contributed by atoms with Crippen LogP contribution in [0.2, 0.25) is 5.02 Å². The van der Waals surface area contributed by atoms with E-state index in [1.807, 2.05) is 0 Å². The minimum Gasteiger partial charge on any atom is -0.469 e. The first kappa shape index (κ1) is 18.9. The number of ether oxygens (including phenoxy) is 1. The SMILES string of the molecule is COC(=O)CCN(CCc1ccc(F)cc1)C(=O)c1ccc(Cl)cc1. The van der Waals surface area contributed by atoms with E-state index in [1.165, 1.54) is 19.2 Å². The van der Waals surface area contributed by atoms with E-state index in [1.54, 1.807) is 41.3 Å². The number of rotatable bonds is 7. The van der Waals surface area contributed by atoms with Crippen molar-refractivity contribution in [1.29, 1.82) is 0 Å². The molecule has 0 atom stereocenters. The highest BCUT2D eigenvalue weighted by Gasteiger charge is 2.17. The van der Waals surface area contributed by atoms with Crippen LogP contribution >= 0.6 is 11.6 Å². The molecule has 2 aromatic rings. The number of hydrogen-bond acceptors (Lipinski definition) is 3. The molecule has 25 heavy (non-hydrogen) atoms. The average molecular weight is 364 g/mol. The molecule has 2 rings (SSSR count). The maximum Gasteiger partial charge on any atom is 0.307 e. The van der Waals surface area contributed by atoms with Gasteiger partial charge in [-0.15, -0.1) is 0 Å². The van der Waals surface area contributed by atoms with E-state index in [2.05, 4.69) is 4.74 Å². The van der Waals surface area contributed by atoms with Gasteiger partial charge in [0.25, 0.3) is 5.91 Å². The van der Waals surface area contributed by atoms with Crippen molar-refractivity contribution in [2.24, 2.45) is 0 Å². The van der Waals surface area contributed by atoms with Crippen molar-refractivity contribution in [2.45, 2.75) is 12.8 Å². The third-order valence-corrected chi connectivity index (χ3v) is 4.03. The van der Waals surface area contributed by atoms with Gasteiger partial charge in [0.1, 0.15) is 5.82 Å². The van der Waals surface area contributed by atoms with Crippen molar-refractivity contribution >= 4 is 23.5 Å². The highest BCUT2D eigenvalue weighted by molar-refractivity contribution is 6.30. The molecular formula is C19H19ClFNO3. The second-order valence-electron chi connectivity index (χ2n) is 5.50. The zero-order chi connectivity index (χ0) is 18.2. The van der Waals surface area contributed by atoms with Crippen LogP contribution in [0.3, 0.4) is 0 Å². The van der Waals surface area contributed by atoms with Crippen LogP contribution in [-0.4, -0.2) is 37.0 Å². The zero-order valence-electron chi connectivity index (χ0n) is 13.9. The molecule has 132 valence electrons. The van der Waals surface area contributed by atoms with Crippen molar-refractivity contribution in [3.63, 3.8) is 0 Å². The van der Waals surface area contributed by atoms with E-state index < -0.39 is 0 Å². The van der Waals surface area contributed by atoms with Gasteiger partial charge in [-0.1, -0.05) is 23.7 Å². The monoisotopic (exact) mass is 363 g/mol. The van der Waals surface area contributed by atoms with Crippen molar-refractivity contribution in [3.05, 3.63) is 70.5 Å². The summed E-state index contributed by atoms with van der Waals surface area (Å²) in [7, 11) is 1.31. The lowest BCUT2D eigenvalue weighted by molar-refractivity contribution is -0.140. The summed E-state index contributed by atoms with van der Waals surface area (Å²) in [6, 6.07) is 12.7. The Labute approximate surface area is 151 Å². The van der Waals surface area contributed by atoms with Gasteiger partial charge in [0, 0.05) is 23.7 Å². The lowest BCUT2D eigenvalue weighted by Gasteiger charge is -2.22. The molecule has 0 spiro atoms. The highest BCUT2D eigenvalue weighted by atomic mass is 35.5. The molecule has 4 nitrogen and oxygen atoms in total. The normalized spacial score (nSPS) is 10.4. The number of methoxy groups -OCH3 is 1. The molecule has 0 saturated carbocycles. The second kappa shape index (κ2) is 9.18. The minimum absolute atomic E-state index is 0.110. The Bertz CT molecular complexity index is 716. The van der Waals surface area contributed by atoms with Crippen LogP contribution in [0.25, 0.3) is 0 Å². The predicted molar refractivity (Wildman–Crippen MR) is 94.1 cm³/mol. The molecule has 1 amide bonds. The van der Waals surface area contributed by atoms with Crippen LogP contribution in [0.4, 0.5) is 4.39 Å². The van der Waals surface area contributed by atoms with Crippen LogP contribution in [0.1, 0.15) is 22.3 Å². The van der Waals surface area contributed by atoms with Gasteiger partial charge in [-0.05, 0) is 48.4 Å². The maximum atomic E-state index is 13.0. The lowest BCUT2D eigenvalue weighted by Crippen LogP contribution is -2.35. The maximum absolute atomic E-state index is 13.0. The first-order valence-electron chi connectivity index (χ1n) is 7.85. The summed E-state index contributed by atoms with van der Waals surface area (Å²) < 4.78 is 17.6. The van der Waals surface area contributed by atoms with Gasteiger partial charge in [-0.3, -0.25) is 9.59 Å². The van der Waals surface area contributed by atoms with E-state index in [-0.39, 0.29) is 30.7 Å². The van der Waals surface area contributed by atoms with E-state index in [0.29, 0.717) is 23.6 Å². The average Bonchev–Trinajstić information content (AvgIpc) is 2.63. The largest absolute Gasteiger partial charge is 0.469 e. The highest BCUT2D eigenvalue weighted by Crippen LogP contribution is 2.13. The molecule has 2 aromatic carbocycles. The lowest BCUT2D eigenvalue weighted by atomic mass is 10.1. The van der Waals surface area contributed by atoms with Crippen molar-refractivity contribution in [2.75, 3.05) is 20.2 Å². The van der Waals surface area contributed by atoms with Crippen LogP contribution < -0.4 is 0 Å². The zero-order valence-corrected chi connectivity index (χ0v) is 14.6. The molecule has 0 aliphatic rings. The van der Waals surface area contributed by atoms with Gasteiger partial charge in [0.15, 0.2) is 0 Å². The molecule has 6 heteroatoms. The van der Waals surface area contributed by atoms with Gasteiger partial charge < -0.3 is 9.64 Å². The second-order valence-corrected chi connectivity index (χ2v) is 5.94. The molecule has 0 bridgehead atoms. The number of benzene rings is 2. The fourth-order valence-electron chi connectivity index (χ4n) is 2.33. The fraction of sp³-hybridized carbons (Fsp3) is 0.263. The molecule has 0 unspecified atom stereocenters. The van der Waals surface area contributed by atoms with Gasteiger partial charge in [0.2, 0.25) is 0 Å². The summed E-state index contributed by atoms with van der Waals surface area (Å²) >= 11 is 5.85. The van der Waals surface area contributed by atoms with Crippen molar-refractivity contribution < 1.29 is 18.7 Å². The summed E-state index contributed by atoms with van der Waals surface area (Å²) in [5.74, 6) is -0.873. The molecule has 0 aliphatic carbocycles. The Morgan fingerprint density at radius 3 is 2.28 bits per heavy atom. The molecule has 0 saturated heterocycles. The summed E-state index contributed by atoms with van der Waals surface area (Å²) in [5, 5.41) is 0.545. The number of hydrogen-bond donors (Lipinski definition) is 0. The summed E-state index contributed by atoms with van der Waals surface area (Å²) in [6.07, 6.45) is 0.667. The molecule has 0 N–H and O–H groups in total. The van der Waals surface area contributed by atoms with E-state index in [0.717, 1.165) is 5.56 Å². The van der Waals surface area contributed by atoms with Crippen LogP contribution in [0, 0.1) is 5.82 Å². The van der Waals surface area contributed by atoms with Gasteiger partial charge in [-0.25, -0.2) is 4.39 Å². The molecule has 0 heterocycles. The molecule has 0 fully saturated rings. The number of amides is 1. The molecule has 0 aliphatic heterocycles. The van der Waals surface area contributed by atoms with Gasteiger partial charge >= 0.3 is 5.97 Å². The number of carbonyl (C=O) groups is 2. The van der Waals surface area contributed by atoms with Crippen molar-refractivity contribution in [1.82, 2.24) is 4.90 Å². The number of halogens is 2. The Morgan fingerprint density at radius 2 is 1.68 bits per heavy atom. The summed E-state index contributed by atoms with van der Waals surface area (Å²) in [4.78, 5) is 25.7. The quantitative estimate of drug-likeness (QED) is 0.704. The summed E-state index contributed by atoms with van der Waals surface area (Å²) in [5.41, 5.74) is 1.40. The first-order chi connectivity index (χ1) is 12.0. The molecule has 0 aromatic heterocycles.